The third-order valence-electron chi connectivity index (χ3n) is 3.16. The van der Waals surface area contributed by atoms with Gasteiger partial charge in [0.2, 0.25) is 0 Å². The maximum absolute atomic E-state index is 5.88. The SMILES string of the molecule is COc1cccnc1NC(=S)NCCCSCc1ccc(Cl)cc1. The fourth-order valence-electron chi connectivity index (χ4n) is 1.95. The molecule has 0 saturated carbocycles. The number of benzene rings is 1. The van der Waals surface area contributed by atoms with E-state index in [1.807, 2.05) is 36.0 Å². The van der Waals surface area contributed by atoms with E-state index in [1.54, 1.807) is 13.3 Å². The number of rotatable bonds is 8. The first-order chi connectivity index (χ1) is 11.7. The van der Waals surface area contributed by atoms with Crippen molar-refractivity contribution in [1.82, 2.24) is 10.3 Å². The quantitative estimate of drug-likeness (QED) is 0.523. The average Bonchev–Trinajstić information content (AvgIpc) is 2.60. The maximum atomic E-state index is 5.88. The summed E-state index contributed by atoms with van der Waals surface area (Å²) in [5.41, 5.74) is 1.29. The van der Waals surface area contributed by atoms with Gasteiger partial charge in [0.1, 0.15) is 0 Å². The number of halogens is 1. The van der Waals surface area contributed by atoms with Gasteiger partial charge in [0, 0.05) is 23.5 Å². The fourth-order valence-corrected chi connectivity index (χ4v) is 3.19. The van der Waals surface area contributed by atoms with Crippen molar-refractivity contribution in [3.63, 3.8) is 0 Å². The first-order valence-electron chi connectivity index (χ1n) is 7.55. The Kier molecular flexibility index (Phi) is 8.15. The van der Waals surface area contributed by atoms with Crippen molar-refractivity contribution >= 4 is 46.5 Å². The van der Waals surface area contributed by atoms with Crippen LogP contribution in [0.25, 0.3) is 0 Å². The second kappa shape index (κ2) is 10.4. The zero-order chi connectivity index (χ0) is 17.2. The minimum absolute atomic E-state index is 0.551. The lowest BCUT2D eigenvalue weighted by Crippen LogP contribution is -2.30. The summed E-state index contributed by atoms with van der Waals surface area (Å²) in [7, 11) is 1.61. The second-order valence-corrected chi connectivity index (χ2v) is 6.92. The Morgan fingerprint density at radius 2 is 2.08 bits per heavy atom. The zero-order valence-corrected chi connectivity index (χ0v) is 15.8. The van der Waals surface area contributed by atoms with Crippen molar-refractivity contribution in [2.24, 2.45) is 0 Å². The van der Waals surface area contributed by atoms with Crippen LogP contribution in [-0.2, 0) is 5.75 Å². The number of pyridine rings is 1. The molecule has 2 rings (SSSR count). The van der Waals surface area contributed by atoms with Crippen molar-refractivity contribution in [3.05, 3.63) is 53.2 Å². The predicted octanol–water partition coefficient (Wildman–Crippen LogP) is 4.35. The number of thioether (sulfide) groups is 1. The van der Waals surface area contributed by atoms with E-state index in [0.29, 0.717) is 16.7 Å². The summed E-state index contributed by atoms with van der Waals surface area (Å²) in [5.74, 6) is 3.34. The molecule has 128 valence electrons. The smallest absolute Gasteiger partial charge is 0.174 e. The summed E-state index contributed by atoms with van der Waals surface area (Å²) in [6.07, 6.45) is 2.72. The first-order valence-corrected chi connectivity index (χ1v) is 9.49. The molecule has 0 bridgehead atoms. The number of nitrogens with zero attached hydrogens (tertiary/aromatic N) is 1. The number of nitrogens with one attached hydrogen (secondary N) is 2. The monoisotopic (exact) mass is 381 g/mol. The number of methoxy groups -OCH3 is 1. The lowest BCUT2D eigenvalue weighted by atomic mass is 10.2. The van der Waals surface area contributed by atoms with Gasteiger partial charge in [-0.25, -0.2) is 4.98 Å². The molecule has 0 radical (unpaired) electrons. The molecule has 0 saturated heterocycles. The van der Waals surface area contributed by atoms with Gasteiger partial charge in [0.15, 0.2) is 16.7 Å². The lowest BCUT2D eigenvalue weighted by Gasteiger charge is -2.12. The first kappa shape index (κ1) is 18.8. The van der Waals surface area contributed by atoms with Crippen LogP contribution in [0.3, 0.4) is 0 Å². The van der Waals surface area contributed by atoms with Crippen molar-refractivity contribution in [3.8, 4) is 5.75 Å². The highest BCUT2D eigenvalue weighted by Gasteiger charge is 2.04. The van der Waals surface area contributed by atoms with Gasteiger partial charge in [-0.15, -0.1) is 0 Å². The third kappa shape index (κ3) is 6.55. The molecule has 2 aromatic rings. The van der Waals surface area contributed by atoms with Crippen molar-refractivity contribution in [2.45, 2.75) is 12.2 Å². The number of hydrogen-bond acceptors (Lipinski definition) is 4. The van der Waals surface area contributed by atoms with Gasteiger partial charge < -0.3 is 15.4 Å². The fraction of sp³-hybridized carbons (Fsp3) is 0.294. The van der Waals surface area contributed by atoms with E-state index < -0.39 is 0 Å². The molecule has 0 aliphatic rings. The van der Waals surface area contributed by atoms with Gasteiger partial charge in [-0.3, -0.25) is 0 Å². The Morgan fingerprint density at radius 1 is 1.29 bits per heavy atom. The Labute approximate surface area is 157 Å². The van der Waals surface area contributed by atoms with Crippen LogP contribution in [-0.4, -0.2) is 29.5 Å². The molecule has 0 fully saturated rings. The molecule has 1 aromatic heterocycles. The van der Waals surface area contributed by atoms with E-state index in [-0.39, 0.29) is 0 Å². The molecule has 2 N–H and O–H groups in total. The number of aromatic nitrogens is 1. The van der Waals surface area contributed by atoms with Gasteiger partial charge in [-0.05, 0) is 54.2 Å². The molecule has 0 atom stereocenters. The number of anilines is 1. The van der Waals surface area contributed by atoms with Crippen LogP contribution in [0.5, 0.6) is 5.75 Å². The lowest BCUT2D eigenvalue weighted by molar-refractivity contribution is 0.415. The van der Waals surface area contributed by atoms with Crippen molar-refractivity contribution in [1.29, 1.82) is 0 Å². The molecule has 7 heteroatoms. The van der Waals surface area contributed by atoms with Crippen LogP contribution >= 0.6 is 35.6 Å². The van der Waals surface area contributed by atoms with E-state index >= 15 is 0 Å². The van der Waals surface area contributed by atoms with E-state index in [0.717, 1.165) is 29.5 Å². The zero-order valence-electron chi connectivity index (χ0n) is 13.4. The number of ether oxygens (including phenoxy) is 1. The molecule has 0 aliphatic heterocycles. The summed E-state index contributed by atoms with van der Waals surface area (Å²) in [4.78, 5) is 4.21. The highest BCUT2D eigenvalue weighted by molar-refractivity contribution is 7.98. The minimum Gasteiger partial charge on any atom is -0.493 e. The van der Waals surface area contributed by atoms with Crippen molar-refractivity contribution in [2.75, 3.05) is 24.7 Å². The summed E-state index contributed by atoms with van der Waals surface area (Å²) < 4.78 is 5.23. The second-order valence-electron chi connectivity index (χ2n) is 4.97. The molecule has 0 amide bonds. The van der Waals surface area contributed by atoms with E-state index in [4.69, 9.17) is 28.6 Å². The molecule has 4 nitrogen and oxygen atoms in total. The Bertz CT molecular complexity index is 653. The topological polar surface area (TPSA) is 46.2 Å². The Balaban J connectivity index is 1.60. The van der Waals surface area contributed by atoms with Crippen LogP contribution in [0.1, 0.15) is 12.0 Å². The highest BCUT2D eigenvalue weighted by atomic mass is 35.5. The molecule has 0 unspecified atom stereocenters. The third-order valence-corrected chi connectivity index (χ3v) is 4.77. The minimum atomic E-state index is 0.551. The number of thiocarbonyl (C=S) groups is 1. The van der Waals surface area contributed by atoms with Crippen LogP contribution in [0, 0.1) is 0 Å². The van der Waals surface area contributed by atoms with Gasteiger partial charge in [0.25, 0.3) is 0 Å². The Hall–Kier alpha value is -1.50. The summed E-state index contributed by atoms with van der Waals surface area (Å²) in [6, 6.07) is 11.6. The summed E-state index contributed by atoms with van der Waals surface area (Å²) >= 11 is 13.0. The average molecular weight is 382 g/mol. The standard InChI is InChI=1S/C17H20ClN3OS2/c1-22-15-4-2-9-19-16(15)21-17(23)20-10-3-11-24-12-13-5-7-14(18)8-6-13/h2,4-9H,3,10-12H2,1H3,(H2,19,20,21,23). The molecule has 0 aliphatic carbocycles. The van der Waals surface area contributed by atoms with Gasteiger partial charge >= 0.3 is 0 Å². The molecule has 0 spiro atoms. The molecular formula is C17H20ClN3OS2. The van der Waals surface area contributed by atoms with E-state index in [1.165, 1.54) is 5.56 Å². The summed E-state index contributed by atoms with van der Waals surface area (Å²) in [6.45, 7) is 0.814. The molecular weight excluding hydrogens is 362 g/mol. The maximum Gasteiger partial charge on any atom is 0.174 e. The largest absolute Gasteiger partial charge is 0.493 e. The van der Waals surface area contributed by atoms with Crippen LogP contribution in [0.4, 0.5) is 5.82 Å². The molecule has 1 aromatic carbocycles. The van der Waals surface area contributed by atoms with Crippen LogP contribution in [0.2, 0.25) is 5.02 Å². The molecule has 24 heavy (non-hydrogen) atoms. The van der Waals surface area contributed by atoms with Crippen LogP contribution in [0.15, 0.2) is 42.6 Å². The number of hydrogen-bond donors (Lipinski definition) is 2. The van der Waals surface area contributed by atoms with Gasteiger partial charge in [-0.2, -0.15) is 11.8 Å². The van der Waals surface area contributed by atoms with E-state index in [9.17, 15) is 0 Å². The van der Waals surface area contributed by atoms with Crippen LogP contribution < -0.4 is 15.4 Å². The summed E-state index contributed by atoms with van der Waals surface area (Å²) in [5, 5.41) is 7.56. The van der Waals surface area contributed by atoms with Gasteiger partial charge in [-0.1, -0.05) is 23.7 Å². The van der Waals surface area contributed by atoms with Gasteiger partial charge in [0.05, 0.1) is 7.11 Å². The van der Waals surface area contributed by atoms with Crippen molar-refractivity contribution < 1.29 is 4.74 Å². The predicted molar refractivity (Wildman–Crippen MR) is 107 cm³/mol. The molecule has 1 heterocycles. The van der Waals surface area contributed by atoms with E-state index in [2.05, 4.69) is 27.8 Å². The normalized spacial score (nSPS) is 10.2. The highest BCUT2D eigenvalue weighted by Crippen LogP contribution is 2.19. The Morgan fingerprint density at radius 3 is 2.83 bits per heavy atom.